The van der Waals surface area contributed by atoms with Gasteiger partial charge in [-0.2, -0.15) is 0 Å². The Kier molecular flexibility index (Phi) is 5.27. The van der Waals surface area contributed by atoms with E-state index in [1.54, 1.807) is 19.3 Å². The van der Waals surface area contributed by atoms with Crippen molar-refractivity contribution in [1.82, 2.24) is 9.97 Å². The van der Waals surface area contributed by atoms with E-state index < -0.39 is 5.82 Å². The molecule has 0 amide bonds. The summed E-state index contributed by atoms with van der Waals surface area (Å²) >= 11 is 6.31. The lowest BCUT2D eigenvalue weighted by Gasteiger charge is -2.22. The van der Waals surface area contributed by atoms with Crippen LogP contribution in [0.25, 0.3) is 5.57 Å². The summed E-state index contributed by atoms with van der Waals surface area (Å²) in [4.78, 5) is 13.6. The number of hydrogen-bond donors (Lipinski definition) is 2. The lowest BCUT2D eigenvalue weighted by atomic mass is 9.88. The van der Waals surface area contributed by atoms with Crippen LogP contribution in [0.4, 0.5) is 16.0 Å². The van der Waals surface area contributed by atoms with Crippen molar-refractivity contribution >= 4 is 34.5 Å². The van der Waals surface area contributed by atoms with E-state index in [0.29, 0.717) is 40.6 Å². The quantitative estimate of drug-likeness (QED) is 0.612. The molecule has 1 aromatic heterocycles. The summed E-state index contributed by atoms with van der Waals surface area (Å²) in [6.07, 6.45) is 3.21. The third-order valence-electron chi connectivity index (χ3n) is 4.76. The van der Waals surface area contributed by atoms with Gasteiger partial charge in [0.2, 0.25) is 5.95 Å². The number of aromatic nitrogens is 2. The second kappa shape index (κ2) is 8.01. The van der Waals surface area contributed by atoms with E-state index in [4.69, 9.17) is 22.3 Å². The number of nitrogens with zero attached hydrogens (tertiary/aromatic N) is 3. The first-order valence-electron chi connectivity index (χ1n) is 9.16. The molecule has 0 unspecified atom stereocenters. The Bertz CT molecular complexity index is 1130. The zero-order valence-electron chi connectivity index (χ0n) is 15.8. The van der Waals surface area contributed by atoms with Crippen LogP contribution in [-0.2, 0) is 6.42 Å². The molecule has 1 aliphatic carbocycles. The molecule has 0 radical (unpaired) electrons. The summed E-state index contributed by atoms with van der Waals surface area (Å²) < 4.78 is 13.5. The third-order valence-corrected chi connectivity index (χ3v) is 5.08. The molecular weight excluding hydrogens is 389 g/mol. The van der Waals surface area contributed by atoms with Crippen molar-refractivity contribution < 1.29 is 4.39 Å². The lowest BCUT2D eigenvalue weighted by Crippen LogP contribution is -2.20. The summed E-state index contributed by atoms with van der Waals surface area (Å²) in [5, 5.41) is 3.48. The molecule has 3 N–H and O–H groups in total. The van der Waals surface area contributed by atoms with Gasteiger partial charge in [0.25, 0.3) is 0 Å². The molecule has 1 aliphatic rings. The number of halogens is 2. The first-order chi connectivity index (χ1) is 14.1. The molecule has 29 heavy (non-hydrogen) atoms. The highest BCUT2D eigenvalue weighted by Crippen LogP contribution is 2.33. The Balaban J connectivity index is 1.79. The number of hydrogen-bond acceptors (Lipinski definition) is 5. The fourth-order valence-corrected chi connectivity index (χ4v) is 3.63. The number of aliphatic imine (C=N–C) groups is 1. The number of nitrogens with two attached hydrogens (primary N) is 1. The maximum atomic E-state index is 13.5. The average Bonchev–Trinajstić information content (AvgIpc) is 2.72. The molecule has 0 bridgehead atoms. The Morgan fingerprint density at radius 1 is 1.17 bits per heavy atom. The second-order valence-corrected chi connectivity index (χ2v) is 7.06. The normalized spacial score (nSPS) is 14.0. The standard InChI is InChI=1S/C22H19ClFN5/c1-26-21(16-9-8-14(24)11-17(16)23)19-18(25)10-7-13-12-27-22(29-20(13)19)28-15-5-3-2-4-6-15/h2-6,8-9,11-12H,7,10,25H2,1H3,(H,27,28,29). The molecule has 0 saturated carbocycles. The number of allylic oxidation sites excluding steroid dienone is 2. The minimum atomic E-state index is -0.406. The van der Waals surface area contributed by atoms with Crippen LogP contribution in [-0.4, -0.2) is 22.7 Å². The van der Waals surface area contributed by atoms with Crippen LogP contribution >= 0.6 is 11.6 Å². The highest BCUT2D eigenvalue weighted by Gasteiger charge is 2.26. The molecule has 1 heterocycles. The SMILES string of the molecule is CN=C(C1=C(N)CCc2cnc(Nc3ccccc3)nc21)c1ccc(F)cc1Cl. The predicted octanol–water partition coefficient (Wildman–Crippen LogP) is 4.75. The van der Waals surface area contributed by atoms with Gasteiger partial charge in [0.1, 0.15) is 5.82 Å². The van der Waals surface area contributed by atoms with Crippen LogP contribution in [0.1, 0.15) is 23.2 Å². The van der Waals surface area contributed by atoms with Crippen molar-refractivity contribution in [1.29, 1.82) is 0 Å². The minimum absolute atomic E-state index is 0.273. The van der Waals surface area contributed by atoms with E-state index in [9.17, 15) is 4.39 Å². The Morgan fingerprint density at radius 3 is 2.69 bits per heavy atom. The zero-order chi connectivity index (χ0) is 20.4. The van der Waals surface area contributed by atoms with E-state index in [1.807, 2.05) is 30.3 Å². The third kappa shape index (κ3) is 3.84. The molecule has 0 spiro atoms. The maximum Gasteiger partial charge on any atom is 0.227 e. The molecule has 5 nitrogen and oxygen atoms in total. The molecule has 2 aromatic carbocycles. The average molecular weight is 408 g/mol. The molecule has 0 fully saturated rings. The Morgan fingerprint density at radius 2 is 1.97 bits per heavy atom. The van der Waals surface area contributed by atoms with Crippen LogP contribution in [0, 0.1) is 5.82 Å². The van der Waals surface area contributed by atoms with Crippen molar-refractivity contribution in [2.24, 2.45) is 10.7 Å². The van der Waals surface area contributed by atoms with E-state index >= 15 is 0 Å². The molecule has 4 rings (SSSR count). The van der Waals surface area contributed by atoms with Gasteiger partial charge >= 0.3 is 0 Å². The van der Waals surface area contributed by atoms with E-state index in [2.05, 4.69) is 15.3 Å². The number of anilines is 2. The highest BCUT2D eigenvalue weighted by atomic mass is 35.5. The van der Waals surface area contributed by atoms with Crippen LogP contribution in [0.3, 0.4) is 0 Å². The molecule has 7 heteroatoms. The van der Waals surface area contributed by atoms with Crippen LogP contribution in [0.2, 0.25) is 5.02 Å². The highest BCUT2D eigenvalue weighted by molar-refractivity contribution is 6.40. The van der Waals surface area contributed by atoms with Crippen LogP contribution in [0.5, 0.6) is 0 Å². The first kappa shape index (κ1) is 19.1. The summed E-state index contributed by atoms with van der Waals surface area (Å²) in [5.74, 6) is 0.0553. The van der Waals surface area contributed by atoms with Crippen molar-refractivity contribution in [3.8, 4) is 0 Å². The minimum Gasteiger partial charge on any atom is -0.401 e. The van der Waals surface area contributed by atoms with Gasteiger partial charge in [0.05, 0.1) is 16.4 Å². The lowest BCUT2D eigenvalue weighted by molar-refractivity contribution is 0.628. The number of aryl methyl sites for hydroxylation is 1. The maximum absolute atomic E-state index is 13.5. The molecule has 0 saturated heterocycles. The van der Waals surface area contributed by atoms with Crippen molar-refractivity contribution in [2.45, 2.75) is 12.8 Å². The van der Waals surface area contributed by atoms with E-state index in [-0.39, 0.29) is 5.02 Å². The van der Waals surface area contributed by atoms with Gasteiger partial charge in [-0.1, -0.05) is 29.8 Å². The van der Waals surface area contributed by atoms with E-state index in [1.165, 1.54) is 12.1 Å². The largest absolute Gasteiger partial charge is 0.401 e. The van der Waals surface area contributed by atoms with Gasteiger partial charge in [0, 0.05) is 35.8 Å². The molecule has 0 aliphatic heterocycles. The Labute approximate surface area is 173 Å². The van der Waals surface area contributed by atoms with Crippen molar-refractivity contribution in [3.05, 3.63) is 88.1 Å². The van der Waals surface area contributed by atoms with Gasteiger partial charge in [-0.25, -0.2) is 14.4 Å². The summed E-state index contributed by atoms with van der Waals surface area (Å²) in [5.41, 5.74) is 11.5. The summed E-state index contributed by atoms with van der Waals surface area (Å²) in [6, 6.07) is 13.9. The Hall–Kier alpha value is -3.25. The number of nitrogens with one attached hydrogen (secondary N) is 1. The predicted molar refractivity (Wildman–Crippen MR) is 115 cm³/mol. The van der Waals surface area contributed by atoms with Gasteiger partial charge in [-0.15, -0.1) is 0 Å². The van der Waals surface area contributed by atoms with Gasteiger partial charge in [-0.3, -0.25) is 4.99 Å². The van der Waals surface area contributed by atoms with Crippen molar-refractivity contribution in [2.75, 3.05) is 12.4 Å². The summed E-state index contributed by atoms with van der Waals surface area (Å²) in [6.45, 7) is 0. The number of fused-ring (bicyclic) bond motifs is 1. The van der Waals surface area contributed by atoms with Gasteiger partial charge < -0.3 is 11.1 Å². The fraction of sp³-hybridized carbons (Fsp3) is 0.136. The monoisotopic (exact) mass is 407 g/mol. The first-order valence-corrected chi connectivity index (χ1v) is 9.54. The van der Waals surface area contributed by atoms with E-state index in [0.717, 1.165) is 17.7 Å². The van der Waals surface area contributed by atoms with Gasteiger partial charge in [-0.05, 0) is 48.7 Å². The summed E-state index contributed by atoms with van der Waals surface area (Å²) in [7, 11) is 1.66. The molecular formula is C22H19ClFN5. The second-order valence-electron chi connectivity index (χ2n) is 6.66. The molecule has 3 aromatic rings. The van der Waals surface area contributed by atoms with Gasteiger partial charge in [0.15, 0.2) is 0 Å². The topological polar surface area (TPSA) is 76.2 Å². The number of benzene rings is 2. The van der Waals surface area contributed by atoms with Crippen molar-refractivity contribution in [3.63, 3.8) is 0 Å². The number of rotatable bonds is 4. The smallest absolute Gasteiger partial charge is 0.227 e. The molecule has 146 valence electrons. The number of para-hydroxylation sites is 1. The van der Waals surface area contributed by atoms with Crippen LogP contribution < -0.4 is 11.1 Å². The fourth-order valence-electron chi connectivity index (χ4n) is 3.38. The molecule has 0 atom stereocenters. The van der Waals surface area contributed by atoms with Crippen LogP contribution in [0.15, 0.2) is 65.4 Å². The zero-order valence-corrected chi connectivity index (χ0v) is 16.5.